The Morgan fingerprint density at radius 1 is 1.05 bits per heavy atom. The third-order valence-electron chi connectivity index (χ3n) is 3.30. The topological polar surface area (TPSA) is 12.0 Å². The van der Waals surface area contributed by atoms with Crippen molar-refractivity contribution in [2.75, 3.05) is 7.05 Å². The molecule has 0 heterocycles. The van der Waals surface area contributed by atoms with Gasteiger partial charge in [0.15, 0.2) is 0 Å². The lowest BCUT2D eigenvalue weighted by Crippen LogP contribution is -2.30. The molecule has 2 rings (SSSR count). The monoisotopic (exact) mass is 399 g/mol. The van der Waals surface area contributed by atoms with Crippen molar-refractivity contribution in [3.05, 3.63) is 68.4 Å². The van der Waals surface area contributed by atoms with E-state index in [-0.39, 0.29) is 5.82 Å². The highest BCUT2D eigenvalue weighted by Crippen LogP contribution is 2.21. The van der Waals surface area contributed by atoms with Gasteiger partial charge in [-0.3, -0.25) is 0 Å². The predicted molar refractivity (Wildman–Crippen MR) is 88.5 cm³/mol. The molecule has 2 aromatic rings. The number of nitrogens with one attached hydrogen (secondary N) is 1. The Morgan fingerprint density at radius 2 is 1.80 bits per heavy atom. The van der Waals surface area contributed by atoms with Crippen molar-refractivity contribution in [3.8, 4) is 0 Å². The quantitative estimate of drug-likeness (QED) is 0.765. The summed E-state index contributed by atoms with van der Waals surface area (Å²) in [7, 11) is 1.96. The molecule has 0 bridgehead atoms. The second-order valence-electron chi connectivity index (χ2n) is 4.73. The molecular formula is C16H16Br2FN. The minimum Gasteiger partial charge on any atom is -0.316 e. The van der Waals surface area contributed by atoms with Crippen molar-refractivity contribution >= 4 is 31.9 Å². The Balaban J connectivity index is 2.09. The van der Waals surface area contributed by atoms with Crippen LogP contribution < -0.4 is 5.32 Å². The van der Waals surface area contributed by atoms with Crippen LogP contribution in [0, 0.1) is 5.82 Å². The fourth-order valence-corrected chi connectivity index (χ4v) is 3.03. The van der Waals surface area contributed by atoms with E-state index in [4.69, 9.17) is 0 Å². The first-order valence-electron chi connectivity index (χ1n) is 6.44. The first kappa shape index (κ1) is 15.7. The SMILES string of the molecule is CNC(Cc1ccc(F)c(Br)c1)Cc1ccccc1Br. The molecule has 4 heteroatoms. The van der Waals surface area contributed by atoms with Gasteiger partial charge in [0, 0.05) is 10.5 Å². The molecule has 1 atom stereocenters. The van der Waals surface area contributed by atoms with E-state index in [0.717, 1.165) is 22.9 Å². The molecular weight excluding hydrogens is 385 g/mol. The van der Waals surface area contributed by atoms with Gasteiger partial charge in [0.05, 0.1) is 4.47 Å². The molecule has 106 valence electrons. The highest BCUT2D eigenvalue weighted by Gasteiger charge is 2.11. The Kier molecular flexibility index (Phi) is 5.75. The maximum atomic E-state index is 13.2. The van der Waals surface area contributed by atoms with E-state index in [1.165, 1.54) is 11.6 Å². The summed E-state index contributed by atoms with van der Waals surface area (Å²) in [6.45, 7) is 0. The van der Waals surface area contributed by atoms with Crippen LogP contribution in [0.5, 0.6) is 0 Å². The third-order valence-corrected chi connectivity index (χ3v) is 4.68. The molecule has 0 spiro atoms. The summed E-state index contributed by atoms with van der Waals surface area (Å²) >= 11 is 6.81. The minimum absolute atomic E-state index is 0.222. The molecule has 0 fully saturated rings. The fraction of sp³-hybridized carbons (Fsp3) is 0.250. The Morgan fingerprint density at radius 3 is 2.45 bits per heavy atom. The molecule has 0 saturated heterocycles. The number of likely N-dealkylation sites (N-methyl/N-ethyl adjacent to an activating group) is 1. The molecule has 1 unspecified atom stereocenters. The van der Waals surface area contributed by atoms with Crippen LogP contribution in [0.25, 0.3) is 0 Å². The van der Waals surface area contributed by atoms with Gasteiger partial charge in [-0.05, 0) is 65.1 Å². The summed E-state index contributed by atoms with van der Waals surface area (Å²) < 4.78 is 14.9. The van der Waals surface area contributed by atoms with Gasteiger partial charge in [0.2, 0.25) is 0 Å². The number of rotatable bonds is 5. The highest BCUT2D eigenvalue weighted by molar-refractivity contribution is 9.10. The lowest BCUT2D eigenvalue weighted by molar-refractivity contribution is 0.554. The largest absolute Gasteiger partial charge is 0.316 e. The van der Waals surface area contributed by atoms with Crippen molar-refractivity contribution < 1.29 is 4.39 Å². The van der Waals surface area contributed by atoms with Gasteiger partial charge >= 0.3 is 0 Å². The van der Waals surface area contributed by atoms with Crippen molar-refractivity contribution in [1.29, 1.82) is 0 Å². The summed E-state index contributed by atoms with van der Waals surface area (Å²) in [4.78, 5) is 0. The molecule has 0 amide bonds. The normalized spacial score (nSPS) is 12.4. The van der Waals surface area contributed by atoms with E-state index in [1.807, 2.05) is 31.3 Å². The van der Waals surface area contributed by atoms with E-state index >= 15 is 0 Å². The van der Waals surface area contributed by atoms with Gasteiger partial charge in [-0.25, -0.2) is 4.39 Å². The lowest BCUT2D eigenvalue weighted by atomic mass is 9.99. The summed E-state index contributed by atoms with van der Waals surface area (Å²) in [6.07, 6.45) is 1.78. The van der Waals surface area contributed by atoms with Crippen LogP contribution in [-0.2, 0) is 12.8 Å². The average molecular weight is 401 g/mol. The van der Waals surface area contributed by atoms with Gasteiger partial charge in [-0.15, -0.1) is 0 Å². The highest BCUT2D eigenvalue weighted by atomic mass is 79.9. The van der Waals surface area contributed by atoms with Crippen LogP contribution in [-0.4, -0.2) is 13.1 Å². The van der Waals surface area contributed by atoms with E-state index < -0.39 is 0 Å². The standard InChI is InChI=1S/C16H16Br2FN/c1-20-13(10-12-4-2-3-5-14(12)17)8-11-6-7-16(19)15(18)9-11/h2-7,9,13,20H,8,10H2,1H3. The molecule has 1 N–H and O–H groups in total. The van der Waals surface area contributed by atoms with E-state index in [1.54, 1.807) is 0 Å². The first-order chi connectivity index (χ1) is 9.60. The molecule has 0 saturated carbocycles. The van der Waals surface area contributed by atoms with Crippen molar-refractivity contribution in [1.82, 2.24) is 5.32 Å². The second kappa shape index (κ2) is 7.34. The van der Waals surface area contributed by atoms with E-state index in [0.29, 0.717) is 10.5 Å². The zero-order chi connectivity index (χ0) is 14.5. The second-order valence-corrected chi connectivity index (χ2v) is 6.44. The summed E-state index contributed by atoms with van der Waals surface area (Å²) in [5.41, 5.74) is 2.39. The van der Waals surface area contributed by atoms with Crippen molar-refractivity contribution in [3.63, 3.8) is 0 Å². The number of halogens is 3. The molecule has 0 aliphatic carbocycles. The average Bonchev–Trinajstić information content (AvgIpc) is 2.44. The first-order valence-corrected chi connectivity index (χ1v) is 8.03. The van der Waals surface area contributed by atoms with Gasteiger partial charge < -0.3 is 5.32 Å². The Bertz CT molecular complexity index is 586. The molecule has 20 heavy (non-hydrogen) atoms. The molecule has 0 radical (unpaired) electrons. The lowest BCUT2D eigenvalue weighted by Gasteiger charge is -2.17. The van der Waals surface area contributed by atoms with Crippen LogP contribution in [0.4, 0.5) is 4.39 Å². The molecule has 0 aliphatic rings. The van der Waals surface area contributed by atoms with Crippen molar-refractivity contribution in [2.24, 2.45) is 0 Å². The van der Waals surface area contributed by atoms with E-state index in [9.17, 15) is 4.39 Å². The summed E-state index contributed by atoms with van der Waals surface area (Å²) in [5, 5.41) is 3.33. The minimum atomic E-state index is -0.222. The van der Waals surface area contributed by atoms with E-state index in [2.05, 4.69) is 49.3 Å². The molecule has 2 aromatic carbocycles. The number of hydrogen-bond donors (Lipinski definition) is 1. The zero-order valence-corrected chi connectivity index (χ0v) is 14.3. The maximum absolute atomic E-state index is 13.2. The van der Waals surface area contributed by atoms with Crippen LogP contribution >= 0.6 is 31.9 Å². The van der Waals surface area contributed by atoms with Gasteiger partial charge in [-0.1, -0.05) is 40.2 Å². The van der Waals surface area contributed by atoms with Crippen LogP contribution in [0.1, 0.15) is 11.1 Å². The fourth-order valence-electron chi connectivity index (χ4n) is 2.16. The van der Waals surface area contributed by atoms with Crippen LogP contribution in [0.2, 0.25) is 0 Å². The number of benzene rings is 2. The van der Waals surface area contributed by atoms with Gasteiger partial charge in [0.1, 0.15) is 5.82 Å². The van der Waals surface area contributed by atoms with Crippen LogP contribution in [0.3, 0.4) is 0 Å². The predicted octanol–water partition coefficient (Wildman–Crippen LogP) is 4.72. The molecule has 0 aromatic heterocycles. The Labute approximate surface area is 135 Å². The summed E-state index contributed by atoms with van der Waals surface area (Å²) in [6, 6.07) is 13.7. The van der Waals surface area contributed by atoms with Gasteiger partial charge in [-0.2, -0.15) is 0 Å². The zero-order valence-electron chi connectivity index (χ0n) is 11.2. The molecule has 0 aliphatic heterocycles. The smallest absolute Gasteiger partial charge is 0.137 e. The summed E-state index contributed by atoms with van der Waals surface area (Å²) in [5.74, 6) is -0.222. The van der Waals surface area contributed by atoms with Crippen molar-refractivity contribution in [2.45, 2.75) is 18.9 Å². The number of hydrogen-bond acceptors (Lipinski definition) is 1. The van der Waals surface area contributed by atoms with Gasteiger partial charge in [0.25, 0.3) is 0 Å². The third kappa shape index (κ3) is 4.14. The Hall–Kier alpha value is -0.710. The van der Waals surface area contributed by atoms with Crippen LogP contribution in [0.15, 0.2) is 51.4 Å². The molecule has 1 nitrogen and oxygen atoms in total. The maximum Gasteiger partial charge on any atom is 0.137 e.